The van der Waals surface area contributed by atoms with Gasteiger partial charge in [-0.25, -0.2) is 4.98 Å². The zero-order chi connectivity index (χ0) is 23.8. The summed E-state index contributed by atoms with van der Waals surface area (Å²) in [6.45, 7) is 10.6. The van der Waals surface area contributed by atoms with E-state index >= 15 is 0 Å². The van der Waals surface area contributed by atoms with Crippen LogP contribution in [0.15, 0.2) is 42.7 Å². The number of nitrogens with one attached hydrogen (secondary N) is 1. The number of morpholine rings is 1. The van der Waals surface area contributed by atoms with E-state index in [-0.39, 0.29) is 12.2 Å². The lowest BCUT2D eigenvalue weighted by molar-refractivity contribution is -0.0329. The van der Waals surface area contributed by atoms with E-state index in [9.17, 15) is 5.26 Å². The minimum Gasteiger partial charge on any atom is -0.370 e. The van der Waals surface area contributed by atoms with Crippen LogP contribution in [0.25, 0.3) is 10.9 Å². The van der Waals surface area contributed by atoms with Crippen LogP contribution in [-0.2, 0) is 17.8 Å². The first-order chi connectivity index (χ1) is 17.2. The largest absolute Gasteiger partial charge is 0.370 e. The number of hydrogen-bond donors (Lipinski definition) is 1. The molecule has 3 aromatic rings. The normalized spacial score (nSPS) is 22.9. The molecule has 0 spiro atoms. The highest BCUT2D eigenvalue weighted by molar-refractivity contribution is 5.95. The molecule has 5 heterocycles. The third-order valence-electron chi connectivity index (χ3n) is 7.29. The lowest BCUT2D eigenvalue weighted by Gasteiger charge is -2.40. The number of piperazine rings is 1. The van der Waals surface area contributed by atoms with E-state index in [4.69, 9.17) is 9.72 Å². The highest BCUT2D eigenvalue weighted by Gasteiger charge is 2.30. The van der Waals surface area contributed by atoms with Crippen LogP contribution in [-0.4, -0.2) is 72.9 Å². The molecule has 2 aromatic heterocycles. The third kappa shape index (κ3) is 4.43. The van der Waals surface area contributed by atoms with Crippen molar-refractivity contribution in [3.8, 4) is 6.07 Å². The van der Waals surface area contributed by atoms with Crippen molar-refractivity contribution in [1.82, 2.24) is 20.2 Å². The van der Waals surface area contributed by atoms with Crippen molar-refractivity contribution in [2.45, 2.75) is 32.2 Å². The molecular weight excluding hydrogens is 438 g/mol. The van der Waals surface area contributed by atoms with Crippen LogP contribution in [0.4, 0.5) is 11.5 Å². The molecule has 0 radical (unpaired) electrons. The Morgan fingerprint density at radius 2 is 1.94 bits per heavy atom. The number of hydrogen-bond acceptors (Lipinski definition) is 8. The van der Waals surface area contributed by atoms with Crippen LogP contribution < -0.4 is 15.1 Å². The molecule has 2 fully saturated rings. The quantitative estimate of drug-likeness (QED) is 0.625. The summed E-state index contributed by atoms with van der Waals surface area (Å²) in [5.41, 5.74) is 5.23. The van der Waals surface area contributed by atoms with Crippen molar-refractivity contribution in [1.29, 1.82) is 5.26 Å². The number of anilines is 2. The van der Waals surface area contributed by atoms with Crippen molar-refractivity contribution < 1.29 is 4.74 Å². The molecule has 2 atom stereocenters. The SMILES string of the molecule is C[C@@H]1CN(c2ccc(C#N)c3ncccc23)C[C@H](CN2Cc3cnc(N4CCNCC4)cc3C2)O1. The van der Waals surface area contributed by atoms with Gasteiger partial charge in [0.25, 0.3) is 0 Å². The maximum atomic E-state index is 9.51. The summed E-state index contributed by atoms with van der Waals surface area (Å²) in [6.07, 6.45) is 4.06. The summed E-state index contributed by atoms with van der Waals surface area (Å²) in [4.78, 5) is 16.5. The van der Waals surface area contributed by atoms with Crippen molar-refractivity contribution in [2.75, 3.05) is 55.6 Å². The van der Waals surface area contributed by atoms with Gasteiger partial charge in [0.1, 0.15) is 11.9 Å². The summed E-state index contributed by atoms with van der Waals surface area (Å²) in [7, 11) is 0. The van der Waals surface area contributed by atoms with Crippen molar-refractivity contribution in [3.63, 3.8) is 0 Å². The van der Waals surface area contributed by atoms with Crippen LogP contribution in [0.2, 0.25) is 0 Å². The van der Waals surface area contributed by atoms with Crippen LogP contribution in [0.1, 0.15) is 23.6 Å². The zero-order valence-electron chi connectivity index (χ0n) is 20.2. The first kappa shape index (κ1) is 22.2. The van der Waals surface area contributed by atoms with Gasteiger partial charge in [0.05, 0.1) is 23.3 Å². The Kier molecular flexibility index (Phi) is 5.98. The van der Waals surface area contributed by atoms with Gasteiger partial charge in [-0.1, -0.05) is 0 Å². The molecule has 8 heteroatoms. The van der Waals surface area contributed by atoms with Gasteiger partial charge >= 0.3 is 0 Å². The second-order valence-corrected chi connectivity index (χ2v) is 9.84. The molecule has 180 valence electrons. The molecule has 1 N–H and O–H groups in total. The van der Waals surface area contributed by atoms with E-state index in [2.05, 4.69) is 62.4 Å². The van der Waals surface area contributed by atoms with Crippen LogP contribution in [0.3, 0.4) is 0 Å². The van der Waals surface area contributed by atoms with Gasteiger partial charge in [0.2, 0.25) is 0 Å². The van der Waals surface area contributed by atoms with Gasteiger partial charge in [-0.05, 0) is 48.4 Å². The Labute approximate surface area is 206 Å². The number of fused-ring (bicyclic) bond motifs is 2. The summed E-state index contributed by atoms with van der Waals surface area (Å²) in [5, 5.41) is 13.9. The van der Waals surface area contributed by atoms with E-state index in [1.54, 1.807) is 6.20 Å². The van der Waals surface area contributed by atoms with E-state index in [1.165, 1.54) is 11.1 Å². The number of ether oxygens (including phenoxy) is 1. The lowest BCUT2D eigenvalue weighted by Crippen LogP contribution is -2.50. The molecule has 1 aromatic carbocycles. The Bertz CT molecular complexity index is 1270. The van der Waals surface area contributed by atoms with E-state index in [1.807, 2.05) is 12.1 Å². The first-order valence-electron chi connectivity index (χ1n) is 12.5. The van der Waals surface area contributed by atoms with Gasteiger partial charge in [-0.15, -0.1) is 0 Å². The molecule has 6 rings (SSSR count). The third-order valence-corrected chi connectivity index (χ3v) is 7.29. The molecule has 0 bridgehead atoms. The maximum absolute atomic E-state index is 9.51. The van der Waals surface area contributed by atoms with Gasteiger partial charge in [0.15, 0.2) is 0 Å². The summed E-state index contributed by atoms with van der Waals surface area (Å²) >= 11 is 0. The Balaban J connectivity index is 1.17. The average Bonchev–Trinajstić information content (AvgIpc) is 3.29. The van der Waals surface area contributed by atoms with Crippen molar-refractivity contribution in [3.05, 3.63) is 59.4 Å². The summed E-state index contributed by atoms with van der Waals surface area (Å²) < 4.78 is 6.39. The summed E-state index contributed by atoms with van der Waals surface area (Å²) in [5.74, 6) is 1.10. The second-order valence-electron chi connectivity index (χ2n) is 9.84. The molecule has 35 heavy (non-hydrogen) atoms. The van der Waals surface area contributed by atoms with Gasteiger partial charge in [0, 0.05) is 82.4 Å². The molecular formula is C27H31N7O. The monoisotopic (exact) mass is 469 g/mol. The van der Waals surface area contributed by atoms with Gasteiger partial charge in [-0.2, -0.15) is 5.26 Å². The average molecular weight is 470 g/mol. The Morgan fingerprint density at radius 3 is 2.80 bits per heavy atom. The molecule has 0 aliphatic carbocycles. The van der Waals surface area contributed by atoms with Crippen molar-refractivity contribution >= 4 is 22.4 Å². The molecule has 2 saturated heterocycles. The molecule has 0 amide bonds. The van der Waals surface area contributed by atoms with Gasteiger partial charge in [-0.3, -0.25) is 9.88 Å². The Hall–Kier alpha value is -3.25. The fourth-order valence-electron chi connectivity index (χ4n) is 5.69. The second kappa shape index (κ2) is 9.42. The maximum Gasteiger partial charge on any atom is 0.128 e. The fourth-order valence-corrected chi connectivity index (χ4v) is 5.69. The Morgan fingerprint density at radius 1 is 1.09 bits per heavy atom. The standard InChI is InChI=1S/C27H31N7O/c1-19-14-34(25-5-4-20(12-28)27-24(25)3-2-6-30-27)18-23(35-19)17-32-15-21-11-26(31-13-22(21)16-32)33-9-7-29-8-10-33/h2-6,11,13,19,23,29H,7-10,14-18H2,1H3/t19-,23+/m1/s1. The van der Waals surface area contributed by atoms with Crippen molar-refractivity contribution in [2.24, 2.45) is 0 Å². The number of rotatable bonds is 4. The van der Waals surface area contributed by atoms with Crippen LogP contribution >= 0.6 is 0 Å². The molecule has 0 unspecified atom stereocenters. The van der Waals surface area contributed by atoms with Crippen LogP contribution in [0, 0.1) is 11.3 Å². The minimum atomic E-state index is 0.107. The zero-order valence-corrected chi connectivity index (χ0v) is 20.2. The lowest BCUT2D eigenvalue weighted by atomic mass is 10.1. The first-order valence-corrected chi connectivity index (χ1v) is 12.5. The number of nitrogens with zero attached hydrogens (tertiary/aromatic N) is 6. The topological polar surface area (TPSA) is 80.6 Å². The predicted octanol–water partition coefficient (Wildman–Crippen LogP) is 2.52. The minimum absolute atomic E-state index is 0.107. The molecule has 0 saturated carbocycles. The molecule has 8 nitrogen and oxygen atoms in total. The predicted molar refractivity (Wildman–Crippen MR) is 136 cm³/mol. The number of nitriles is 1. The smallest absolute Gasteiger partial charge is 0.128 e. The number of aromatic nitrogens is 2. The highest BCUT2D eigenvalue weighted by Crippen LogP contribution is 2.31. The van der Waals surface area contributed by atoms with E-state index in [0.717, 1.165) is 81.3 Å². The van der Waals surface area contributed by atoms with E-state index < -0.39 is 0 Å². The fraction of sp³-hybridized carbons (Fsp3) is 0.444. The van der Waals surface area contributed by atoms with Crippen LogP contribution in [0.5, 0.6) is 0 Å². The van der Waals surface area contributed by atoms with Gasteiger partial charge < -0.3 is 19.9 Å². The number of benzene rings is 1. The number of pyridine rings is 2. The highest BCUT2D eigenvalue weighted by atomic mass is 16.5. The summed E-state index contributed by atoms with van der Waals surface area (Å²) in [6, 6.07) is 12.5. The molecule has 3 aliphatic rings. The molecule has 3 aliphatic heterocycles. The van der Waals surface area contributed by atoms with E-state index in [0.29, 0.717) is 5.56 Å².